The molecule has 9 heteroatoms. The summed E-state index contributed by atoms with van der Waals surface area (Å²) in [6.45, 7) is -0.293. The lowest BCUT2D eigenvalue weighted by Gasteiger charge is -2.07. The molecule has 0 aliphatic heterocycles. The molecule has 0 spiro atoms. The summed E-state index contributed by atoms with van der Waals surface area (Å²) in [4.78, 5) is 11.6. The van der Waals surface area contributed by atoms with Crippen molar-refractivity contribution in [2.24, 2.45) is 7.05 Å². The standard InChI is InChI=1S/C10H9ClFN5O2/c1-17-10(14-15-16-17)13-9(18)5-19-8-3-2-6(12)4-7(8)11/h2-4H,5H2,1H3,(H,13,14,16,18). The van der Waals surface area contributed by atoms with E-state index in [4.69, 9.17) is 16.3 Å². The van der Waals surface area contributed by atoms with Gasteiger partial charge in [0, 0.05) is 7.05 Å². The summed E-state index contributed by atoms with van der Waals surface area (Å²) in [6.07, 6.45) is 0. The zero-order chi connectivity index (χ0) is 13.8. The fourth-order valence-corrected chi connectivity index (χ4v) is 1.45. The summed E-state index contributed by atoms with van der Waals surface area (Å²) < 4.78 is 19.2. The minimum Gasteiger partial charge on any atom is -0.482 e. The summed E-state index contributed by atoms with van der Waals surface area (Å²) >= 11 is 5.75. The number of aromatic nitrogens is 4. The summed E-state index contributed by atoms with van der Waals surface area (Å²) in [7, 11) is 1.58. The van der Waals surface area contributed by atoms with Crippen LogP contribution < -0.4 is 10.1 Å². The van der Waals surface area contributed by atoms with Crippen molar-refractivity contribution < 1.29 is 13.9 Å². The average molecular weight is 286 g/mol. The molecule has 0 radical (unpaired) electrons. The van der Waals surface area contributed by atoms with E-state index in [1.165, 1.54) is 16.8 Å². The lowest BCUT2D eigenvalue weighted by molar-refractivity contribution is -0.118. The Morgan fingerprint density at radius 1 is 1.58 bits per heavy atom. The summed E-state index contributed by atoms with van der Waals surface area (Å²) in [6, 6.07) is 3.63. The Labute approximate surface area is 112 Å². The van der Waals surface area contributed by atoms with E-state index in [-0.39, 0.29) is 23.3 Å². The molecule has 1 aromatic carbocycles. The first-order chi connectivity index (χ1) is 9.06. The van der Waals surface area contributed by atoms with Crippen molar-refractivity contribution in [3.05, 3.63) is 29.0 Å². The van der Waals surface area contributed by atoms with E-state index >= 15 is 0 Å². The predicted octanol–water partition coefficient (Wildman–Crippen LogP) is 1.02. The zero-order valence-electron chi connectivity index (χ0n) is 9.80. The molecule has 19 heavy (non-hydrogen) atoms. The largest absolute Gasteiger partial charge is 0.482 e. The van der Waals surface area contributed by atoms with Crippen LogP contribution in [0.4, 0.5) is 10.3 Å². The van der Waals surface area contributed by atoms with Gasteiger partial charge in [-0.2, -0.15) is 0 Å². The summed E-state index contributed by atoms with van der Waals surface area (Å²) in [5.41, 5.74) is 0. The van der Waals surface area contributed by atoms with Crippen LogP contribution in [-0.4, -0.2) is 32.7 Å². The van der Waals surface area contributed by atoms with Gasteiger partial charge in [-0.15, -0.1) is 0 Å². The third-order valence-corrected chi connectivity index (χ3v) is 2.42. The Kier molecular flexibility index (Phi) is 3.91. The Morgan fingerprint density at radius 3 is 3.00 bits per heavy atom. The predicted molar refractivity (Wildman–Crippen MR) is 64.3 cm³/mol. The molecule has 1 amide bonds. The van der Waals surface area contributed by atoms with Crippen molar-refractivity contribution in [1.29, 1.82) is 0 Å². The maximum absolute atomic E-state index is 12.8. The normalized spacial score (nSPS) is 10.3. The van der Waals surface area contributed by atoms with Crippen LogP contribution in [0.2, 0.25) is 5.02 Å². The highest BCUT2D eigenvalue weighted by atomic mass is 35.5. The van der Waals surface area contributed by atoms with Crippen LogP contribution in [0.15, 0.2) is 18.2 Å². The number of aryl methyl sites for hydroxylation is 1. The second-order valence-electron chi connectivity index (χ2n) is 3.54. The molecule has 2 aromatic rings. The van der Waals surface area contributed by atoms with Crippen LogP contribution in [0.1, 0.15) is 0 Å². The number of anilines is 1. The molecular weight excluding hydrogens is 277 g/mol. The van der Waals surface area contributed by atoms with Gasteiger partial charge in [0.15, 0.2) is 6.61 Å². The van der Waals surface area contributed by atoms with Crippen LogP contribution in [0.3, 0.4) is 0 Å². The number of tetrazole rings is 1. The van der Waals surface area contributed by atoms with Crippen molar-refractivity contribution >= 4 is 23.5 Å². The van der Waals surface area contributed by atoms with Gasteiger partial charge in [-0.3, -0.25) is 10.1 Å². The Hall–Kier alpha value is -2.22. The average Bonchev–Trinajstić information content (AvgIpc) is 2.74. The minimum absolute atomic E-state index is 0.0909. The topological polar surface area (TPSA) is 81.9 Å². The monoisotopic (exact) mass is 285 g/mol. The number of hydrogen-bond acceptors (Lipinski definition) is 5. The first kappa shape index (κ1) is 13.2. The van der Waals surface area contributed by atoms with E-state index in [1.54, 1.807) is 7.05 Å². The highest BCUT2D eigenvalue weighted by molar-refractivity contribution is 6.32. The van der Waals surface area contributed by atoms with E-state index in [1.807, 2.05) is 0 Å². The quantitative estimate of drug-likeness (QED) is 0.907. The number of rotatable bonds is 4. The number of benzene rings is 1. The summed E-state index contributed by atoms with van der Waals surface area (Å²) in [5, 5.41) is 13.0. The van der Waals surface area contributed by atoms with Crippen LogP contribution in [0.5, 0.6) is 5.75 Å². The van der Waals surface area contributed by atoms with E-state index < -0.39 is 11.7 Å². The lowest BCUT2D eigenvalue weighted by Crippen LogP contribution is -2.22. The highest BCUT2D eigenvalue weighted by Gasteiger charge is 2.10. The lowest BCUT2D eigenvalue weighted by atomic mass is 10.3. The number of carbonyl (C=O) groups excluding carboxylic acids is 1. The number of nitrogens with one attached hydrogen (secondary N) is 1. The van der Waals surface area contributed by atoms with Gasteiger partial charge < -0.3 is 4.74 Å². The third-order valence-electron chi connectivity index (χ3n) is 2.12. The molecule has 0 saturated carbocycles. The van der Waals surface area contributed by atoms with E-state index in [0.717, 1.165) is 6.07 Å². The van der Waals surface area contributed by atoms with Crippen LogP contribution in [-0.2, 0) is 11.8 Å². The molecule has 0 bridgehead atoms. The maximum Gasteiger partial charge on any atom is 0.264 e. The van der Waals surface area contributed by atoms with Gasteiger partial charge in [-0.25, -0.2) is 9.07 Å². The van der Waals surface area contributed by atoms with Crippen molar-refractivity contribution in [3.8, 4) is 5.75 Å². The third kappa shape index (κ3) is 3.38. The summed E-state index contributed by atoms with van der Waals surface area (Å²) in [5.74, 6) is -0.529. The fourth-order valence-electron chi connectivity index (χ4n) is 1.23. The van der Waals surface area contributed by atoms with Crippen molar-refractivity contribution in [1.82, 2.24) is 20.2 Å². The molecule has 1 N–H and O–H groups in total. The van der Waals surface area contributed by atoms with Gasteiger partial charge in [0.25, 0.3) is 5.91 Å². The molecule has 1 aromatic heterocycles. The number of halogens is 2. The van der Waals surface area contributed by atoms with Crippen molar-refractivity contribution in [3.63, 3.8) is 0 Å². The number of nitrogens with zero attached hydrogens (tertiary/aromatic N) is 4. The highest BCUT2D eigenvalue weighted by Crippen LogP contribution is 2.24. The first-order valence-electron chi connectivity index (χ1n) is 5.16. The van der Waals surface area contributed by atoms with Gasteiger partial charge in [0.05, 0.1) is 5.02 Å². The first-order valence-corrected chi connectivity index (χ1v) is 5.54. The molecule has 0 saturated heterocycles. The van der Waals surface area contributed by atoms with E-state index in [9.17, 15) is 9.18 Å². The smallest absolute Gasteiger partial charge is 0.264 e. The zero-order valence-corrected chi connectivity index (χ0v) is 10.6. The molecule has 1 heterocycles. The fraction of sp³-hybridized carbons (Fsp3) is 0.200. The molecule has 0 fully saturated rings. The molecule has 0 unspecified atom stereocenters. The van der Waals surface area contributed by atoms with E-state index in [2.05, 4.69) is 20.8 Å². The number of carbonyl (C=O) groups is 1. The van der Waals surface area contributed by atoms with Gasteiger partial charge in [-0.1, -0.05) is 16.7 Å². The van der Waals surface area contributed by atoms with Crippen LogP contribution in [0.25, 0.3) is 0 Å². The molecule has 100 valence electrons. The number of hydrogen-bond donors (Lipinski definition) is 1. The molecule has 0 atom stereocenters. The van der Waals surface area contributed by atoms with Gasteiger partial charge in [-0.05, 0) is 28.6 Å². The molecule has 0 aliphatic rings. The Balaban J connectivity index is 1.92. The molecule has 2 rings (SSSR count). The van der Waals surface area contributed by atoms with Crippen molar-refractivity contribution in [2.45, 2.75) is 0 Å². The molecular formula is C10H9ClFN5O2. The second kappa shape index (κ2) is 5.61. The van der Waals surface area contributed by atoms with Crippen LogP contribution in [0, 0.1) is 5.82 Å². The SMILES string of the molecule is Cn1nnnc1NC(=O)COc1ccc(F)cc1Cl. The van der Waals surface area contributed by atoms with Gasteiger partial charge in [0.2, 0.25) is 5.95 Å². The second-order valence-corrected chi connectivity index (χ2v) is 3.94. The van der Waals surface area contributed by atoms with Crippen LogP contribution >= 0.6 is 11.6 Å². The maximum atomic E-state index is 12.8. The molecule has 7 nitrogen and oxygen atoms in total. The van der Waals surface area contributed by atoms with Gasteiger partial charge in [0.1, 0.15) is 11.6 Å². The van der Waals surface area contributed by atoms with E-state index in [0.29, 0.717) is 0 Å². The Morgan fingerprint density at radius 2 is 2.37 bits per heavy atom. The number of amides is 1. The molecule has 0 aliphatic carbocycles. The van der Waals surface area contributed by atoms with Gasteiger partial charge >= 0.3 is 0 Å². The Bertz CT molecular complexity index is 603. The van der Waals surface area contributed by atoms with Crippen molar-refractivity contribution in [2.75, 3.05) is 11.9 Å². The number of ether oxygens (including phenoxy) is 1. The minimum atomic E-state index is -0.480.